The van der Waals surface area contributed by atoms with Crippen molar-refractivity contribution < 1.29 is 14.7 Å². The molecule has 0 saturated heterocycles. The maximum Gasteiger partial charge on any atom is 0.339 e. The predicted molar refractivity (Wildman–Crippen MR) is 87.1 cm³/mol. The monoisotopic (exact) mass is 346 g/mol. The Kier molecular flexibility index (Phi) is 4.13. The zero-order chi connectivity index (χ0) is 17.3. The Morgan fingerprint density at radius 3 is 2.83 bits per heavy atom. The van der Waals surface area contributed by atoms with E-state index < -0.39 is 11.9 Å². The molecule has 3 aromatic heterocycles. The predicted octanol–water partition coefficient (Wildman–Crippen LogP) is 1.71. The highest BCUT2D eigenvalue weighted by Gasteiger charge is 2.22. The summed E-state index contributed by atoms with van der Waals surface area (Å²) in [6, 6.07) is 0. The number of aryl methyl sites for hydroxylation is 2. The van der Waals surface area contributed by atoms with Crippen molar-refractivity contribution >= 4 is 28.3 Å². The molecule has 0 bridgehead atoms. The van der Waals surface area contributed by atoms with Gasteiger partial charge in [0, 0.05) is 36.9 Å². The number of carbonyl (C=O) groups excluding carboxylic acids is 1. The number of hydrogen-bond acceptors (Lipinski definition) is 6. The van der Waals surface area contributed by atoms with Gasteiger partial charge in [0.25, 0.3) is 5.91 Å². The van der Waals surface area contributed by atoms with E-state index in [4.69, 9.17) is 5.11 Å². The number of hydrogen-bond donors (Lipinski definition) is 2. The molecule has 0 aliphatic carbocycles. The van der Waals surface area contributed by atoms with Gasteiger partial charge in [-0.15, -0.1) is 11.3 Å². The van der Waals surface area contributed by atoms with E-state index in [1.54, 1.807) is 23.3 Å². The summed E-state index contributed by atoms with van der Waals surface area (Å²) in [7, 11) is 1.55. The summed E-state index contributed by atoms with van der Waals surface area (Å²) in [6.45, 7) is 2.74. The zero-order valence-electron chi connectivity index (χ0n) is 12.9. The fourth-order valence-corrected chi connectivity index (χ4v) is 2.82. The van der Waals surface area contributed by atoms with Gasteiger partial charge in [-0.25, -0.2) is 9.78 Å². The van der Waals surface area contributed by atoms with Crippen molar-refractivity contribution in [3.8, 4) is 11.3 Å². The van der Waals surface area contributed by atoms with Crippen LogP contribution in [-0.4, -0.2) is 41.5 Å². The third-order valence-corrected chi connectivity index (χ3v) is 4.01. The molecule has 0 atom stereocenters. The second-order valence-corrected chi connectivity index (χ2v) is 5.81. The van der Waals surface area contributed by atoms with Crippen LogP contribution in [-0.2, 0) is 13.6 Å². The highest BCUT2D eigenvalue weighted by molar-refractivity contribution is 7.14. The molecule has 3 heterocycles. The minimum absolute atomic E-state index is 0.152. The smallest absolute Gasteiger partial charge is 0.339 e. The molecule has 2 N–H and O–H groups in total. The number of rotatable bonds is 5. The first-order chi connectivity index (χ1) is 11.5. The van der Waals surface area contributed by atoms with Gasteiger partial charge >= 0.3 is 5.97 Å². The first kappa shape index (κ1) is 15.9. The van der Waals surface area contributed by atoms with Gasteiger partial charge in [0.05, 0.1) is 11.9 Å². The molecule has 10 heteroatoms. The van der Waals surface area contributed by atoms with Crippen molar-refractivity contribution in [2.45, 2.75) is 13.5 Å². The fraction of sp³-hybridized carbons (Fsp3) is 0.214. The molecule has 0 radical (unpaired) electrons. The van der Waals surface area contributed by atoms with E-state index in [1.165, 1.54) is 22.2 Å². The number of thiazole rings is 1. The maximum atomic E-state index is 12.2. The van der Waals surface area contributed by atoms with Gasteiger partial charge < -0.3 is 5.11 Å². The quantitative estimate of drug-likeness (QED) is 0.727. The Balaban J connectivity index is 1.79. The van der Waals surface area contributed by atoms with E-state index in [2.05, 4.69) is 20.5 Å². The van der Waals surface area contributed by atoms with Gasteiger partial charge in [0.1, 0.15) is 5.56 Å². The van der Waals surface area contributed by atoms with Crippen LogP contribution in [0.15, 0.2) is 24.0 Å². The van der Waals surface area contributed by atoms with Crippen LogP contribution < -0.4 is 5.32 Å². The Morgan fingerprint density at radius 2 is 2.17 bits per heavy atom. The summed E-state index contributed by atoms with van der Waals surface area (Å²) >= 11 is 1.24. The van der Waals surface area contributed by atoms with Crippen molar-refractivity contribution in [1.82, 2.24) is 24.5 Å². The van der Waals surface area contributed by atoms with E-state index in [-0.39, 0.29) is 11.3 Å². The van der Waals surface area contributed by atoms with Gasteiger partial charge in [0.2, 0.25) is 0 Å². The van der Waals surface area contributed by atoms with E-state index >= 15 is 0 Å². The van der Waals surface area contributed by atoms with Crippen LogP contribution in [0.2, 0.25) is 0 Å². The third kappa shape index (κ3) is 3.04. The van der Waals surface area contributed by atoms with E-state index in [1.807, 2.05) is 13.1 Å². The fourth-order valence-electron chi connectivity index (χ4n) is 2.10. The third-order valence-electron chi connectivity index (χ3n) is 3.25. The van der Waals surface area contributed by atoms with Crippen LogP contribution in [0.1, 0.15) is 27.8 Å². The minimum Gasteiger partial charge on any atom is -0.478 e. The van der Waals surface area contributed by atoms with Crippen LogP contribution in [0.5, 0.6) is 0 Å². The van der Waals surface area contributed by atoms with Crippen molar-refractivity contribution in [3.05, 3.63) is 35.2 Å². The van der Waals surface area contributed by atoms with Crippen LogP contribution in [0.25, 0.3) is 11.3 Å². The number of carbonyl (C=O) groups is 2. The molecule has 9 nitrogen and oxygen atoms in total. The lowest BCUT2D eigenvalue weighted by atomic mass is 10.2. The summed E-state index contributed by atoms with van der Waals surface area (Å²) in [5.74, 6) is -1.82. The van der Waals surface area contributed by atoms with Gasteiger partial charge in [0.15, 0.2) is 10.8 Å². The van der Waals surface area contributed by atoms with E-state index in [9.17, 15) is 9.59 Å². The molecule has 0 saturated carbocycles. The standard InChI is InChI=1S/C14H14N6O3S/c1-3-20-5-8(4-15-20)10-7-24-14(16-10)17-12(21)11-9(13(22)23)6-19(2)18-11/h4-7H,3H2,1-2H3,(H,22,23)(H,16,17,21). The largest absolute Gasteiger partial charge is 0.478 e. The lowest BCUT2D eigenvalue weighted by Gasteiger charge is -1.99. The Bertz CT molecular complexity index is 909. The molecule has 0 aromatic carbocycles. The summed E-state index contributed by atoms with van der Waals surface area (Å²) < 4.78 is 3.06. The van der Waals surface area contributed by atoms with Crippen molar-refractivity contribution in [3.63, 3.8) is 0 Å². The minimum atomic E-state index is -1.21. The second kappa shape index (κ2) is 6.24. The molecule has 24 heavy (non-hydrogen) atoms. The molecule has 3 aromatic rings. The topological polar surface area (TPSA) is 115 Å². The van der Waals surface area contributed by atoms with Crippen LogP contribution in [0.3, 0.4) is 0 Å². The van der Waals surface area contributed by atoms with Crippen LogP contribution in [0.4, 0.5) is 5.13 Å². The zero-order valence-corrected chi connectivity index (χ0v) is 13.7. The molecule has 3 rings (SSSR count). The maximum absolute atomic E-state index is 12.2. The van der Waals surface area contributed by atoms with Crippen molar-refractivity contribution in [1.29, 1.82) is 0 Å². The number of nitrogens with one attached hydrogen (secondary N) is 1. The lowest BCUT2D eigenvalue weighted by Crippen LogP contribution is -2.16. The molecule has 0 spiro atoms. The lowest BCUT2D eigenvalue weighted by molar-refractivity contribution is 0.0692. The van der Waals surface area contributed by atoms with E-state index in [0.29, 0.717) is 10.8 Å². The summed E-state index contributed by atoms with van der Waals surface area (Å²) in [5.41, 5.74) is 1.23. The van der Waals surface area contributed by atoms with Crippen molar-refractivity contribution in [2.24, 2.45) is 7.05 Å². The Labute approximate surface area is 140 Å². The van der Waals surface area contributed by atoms with Gasteiger partial charge in [-0.05, 0) is 6.92 Å². The van der Waals surface area contributed by atoms with Crippen LogP contribution in [0, 0.1) is 0 Å². The van der Waals surface area contributed by atoms with E-state index in [0.717, 1.165) is 12.1 Å². The highest BCUT2D eigenvalue weighted by Crippen LogP contribution is 2.25. The number of aromatic nitrogens is 5. The number of carboxylic acid groups (broad SMARTS) is 1. The summed E-state index contributed by atoms with van der Waals surface area (Å²) in [4.78, 5) is 27.7. The number of carboxylic acids is 1. The average molecular weight is 346 g/mol. The number of anilines is 1. The number of nitrogens with zero attached hydrogens (tertiary/aromatic N) is 5. The van der Waals surface area contributed by atoms with Gasteiger partial charge in [-0.1, -0.05) is 0 Å². The molecule has 0 unspecified atom stereocenters. The molecule has 0 aliphatic heterocycles. The molecule has 1 amide bonds. The van der Waals surface area contributed by atoms with Crippen molar-refractivity contribution in [2.75, 3.05) is 5.32 Å². The summed E-state index contributed by atoms with van der Waals surface area (Å²) in [5, 5.41) is 21.9. The highest BCUT2D eigenvalue weighted by atomic mass is 32.1. The molecular formula is C14H14N6O3S. The van der Waals surface area contributed by atoms with Crippen LogP contribution >= 0.6 is 11.3 Å². The normalized spacial score (nSPS) is 10.8. The number of amides is 1. The molecule has 0 aliphatic rings. The van der Waals surface area contributed by atoms with Gasteiger partial charge in [-0.3, -0.25) is 19.5 Å². The average Bonchev–Trinajstić information content (AvgIpc) is 3.24. The molecular weight excluding hydrogens is 332 g/mol. The first-order valence-corrected chi connectivity index (χ1v) is 7.92. The molecule has 124 valence electrons. The first-order valence-electron chi connectivity index (χ1n) is 7.04. The Morgan fingerprint density at radius 1 is 1.38 bits per heavy atom. The SMILES string of the molecule is CCn1cc(-c2csc(NC(=O)c3nn(C)cc3C(=O)O)n2)cn1. The Hall–Kier alpha value is -3.01. The summed E-state index contributed by atoms with van der Waals surface area (Å²) in [6.07, 6.45) is 4.84. The number of aromatic carboxylic acids is 1. The molecule has 0 fully saturated rings. The second-order valence-electron chi connectivity index (χ2n) is 4.95. The van der Waals surface area contributed by atoms with Gasteiger partial charge in [-0.2, -0.15) is 10.2 Å².